The molecule has 3 rings (SSSR count). The van der Waals surface area contributed by atoms with Crippen molar-refractivity contribution in [2.75, 3.05) is 17.3 Å². The summed E-state index contributed by atoms with van der Waals surface area (Å²) < 4.78 is 17.1. The second-order valence-corrected chi connectivity index (χ2v) is 7.77. The molecular weight excluding hydrogens is 330 g/mol. The van der Waals surface area contributed by atoms with Crippen LogP contribution in [0.4, 0.5) is 5.69 Å². The Balaban J connectivity index is 1.67. The lowest BCUT2D eigenvalue weighted by atomic mass is 10.2. The van der Waals surface area contributed by atoms with Crippen molar-refractivity contribution < 1.29 is 13.7 Å². The van der Waals surface area contributed by atoms with Crippen LogP contribution in [0.1, 0.15) is 5.56 Å². The minimum atomic E-state index is -0.907. The number of hydrogen-bond acceptors (Lipinski definition) is 4. The summed E-state index contributed by atoms with van der Waals surface area (Å²) in [5.74, 6) is 1.65. The van der Waals surface area contributed by atoms with Gasteiger partial charge >= 0.3 is 0 Å². The fraction of sp³-hybridized carbons (Fsp3) is 0.235. The third-order valence-electron chi connectivity index (χ3n) is 3.37. The van der Waals surface area contributed by atoms with Gasteiger partial charge in [0, 0.05) is 39.1 Å². The van der Waals surface area contributed by atoms with Crippen LogP contribution in [0.2, 0.25) is 0 Å². The largest absolute Gasteiger partial charge is 0.479 e. The van der Waals surface area contributed by atoms with Crippen molar-refractivity contribution in [3.63, 3.8) is 0 Å². The van der Waals surface area contributed by atoms with E-state index in [0.29, 0.717) is 17.2 Å². The molecule has 1 N–H and O–H groups in total. The van der Waals surface area contributed by atoms with Crippen molar-refractivity contribution >= 4 is 34.2 Å². The van der Waals surface area contributed by atoms with Crippen LogP contribution in [0.25, 0.3) is 0 Å². The molecule has 0 aromatic heterocycles. The smallest absolute Gasteiger partial charge is 0.266 e. The van der Waals surface area contributed by atoms with Crippen LogP contribution in [0, 0.1) is 0 Å². The lowest BCUT2D eigenvalue weighted by Gasteiger charge is -2.24. The number of fused-ring (bicyclic) bond motifs is 1. The molecule has 0 fully saturated rings. The number of benzene rings is 2. The lowest BCUT2D eigenvalue weighted by Crippen LogP contribution is -2.36. The number of rotatable bonds is 4. The average Bonchev–Trinajstić information content (AvgIpc) is 2.54. The van der Waals surface area contributed by atoms with E-state index >= 15 is 0 Å². The summed E-state index contributed by atoms with van der Waals surface area (Å²) in [6.07, 6.45) is 1.15. The monoisotopic (exact) mass is 347 g/mol. The molecule has 2 atom stereocenters. The van der Waals surface area contributed by atoms with Gasteiger partial charge in [-0.05, 0) is 29.8 Å². The maximum Gasteiger partial charge on any atom is 0.266 e. The van der Waals surface area contributed by atoms with Gasteiger partial charge in [0.15, 0.2) is 6.10 Å². The highest BCUT2D eigenvalue weighted by atomic mass is 32.2. The third-order valence-corrected chi connectivity index (χ3v) is 5.22. The highest BCUT2D eigenvalue weighted by Crippen LogP contribution is 2.35. The maximum atomic E-state index is 12.4. The molecular formula is C17H17NO3S2. The zero-order chi connectivity index (χ0) is 16.2. The number of ether oxygens (including phenoxy) is 1. The molecule has 0 unspecified atom stereocenters. The molecule has 1 heterocycles. The fourth-order valence-electron chi connectivity index (χ4n) is 2.35. The number of para-hydroxylation sites is 1. The molecule has 1 aliphatic rings. The fourth-order valence-corrected chi connectivity index (χ4v) is 3.98. The second kappa shape index (κ2) is 7.19. The highest BCUT2D eigenvalue weighted by molar-refractivity contribution is 7.99. The van der Waals surface area contributed by atoms with E-state index in [2.05, 4.69) is 5.32 Å². The van der Waals surface area contributed by atoms with Crippen molar-refractivity contribution in [2.24, 2.45) is 0 Å². The van der Waals surface area contributed by atoms with Gasteiger partial charge in [0.25, 0.3) is 5.91 Å². The van der Waals surface area contributed by atoms with Crippen LogP contribution in [0.15, 0.2) is 53.4 Å². The number of hydrogen-bond donors (Lipinski definition) is 1. The Morgan fingerprint density at radius 1 is 1.30 bits per heavy atom. The Hall–Kier alpha value is -1.79. The first kappa shape index (κ1) is 16.1. The van der Waals surface area contributed by atoms with Crippen LogP contribution in [0.5, 0.6) is 5.75 Å². The molecule has 0 bridgehead atoms. The van der Waals surface area contributed by atoms with Crippen molar-refractivity contribution in [1.82, 2.24) is 0 Å². The van der Waals surface area contributed by atoms with Gasteiger partial charge in [-0.15, -0.1) is 11.8 Å². The van der Waals surface area contributed by atoms with Gasteiger partial charge in [-0.25, -0.2) is 0 Å². The molecule has 0 aliphatic carbocycles. The zero-order valence-electron chi connectivity index (χ0n) is 12.7. The van der Waals surface area contributed by atoms with Crippen molar-refractivity contribution in [3.05, 3.63) is 54.1 Å². The van der Waals surface area contributed by atoms with E-state index < -0.39 is 16.9 Å². The topological polar surface area (TPSA) is 55.4 Å². The van der Waals surface area contributed by atoms with Crippen LogP contribution in [-0.2, 0) is 21.3 Å². The van der Waals surface area contributed by atoms with E-state index in [0.717, 1.165) is 16.2 Å². The van der Waals surface area contributed by atoms with E-state index in [9.17, 15) is 9.00 Å². The molecule has 0 saturated heterocycles. The van der Waals surface area contributed by atoms with E-state index in [1.807, 2.05) is 48.5 Å². The predicted molar refractivity (Wildman–Crippen MR) is 94.4 cm³/mol. The van der Waals surface area contributed by atoms with Crippen LogP contribution in [0.3, 0.4) is 0 Å². The summed E-state index contributed by atoms with van der Waals surface area (Å²) in [5.41, 5.74) is 1.64. The van der Waals surface area contributed by atoms with Crippen molar-refractivity contribution in [1.29, 1.82) is 0 Å². The van der Waals surface area contributed by atoms with Gasteiger partial charge in [-0.1, -0.05) is 24.3 Å². The first-order chi connectivity index (χ1) is 11.1. The first-order valence-electron chi connectivity index (χ1n) is 7.20. The summed E-state index contributed by atoms with van der Waals surface area (Å²) >= 11 is 1.62. The van der Waals surface area contributed by atoms with Crippen molar-refractivity contribution in [3.8, 4) is 5.75 Å². The summed E-state index contributed by atoms with van der Waals surface area (Å²) in [6, 6.07) is 15.1. The zero-order valence-corrected chi connectivity index (χ0v) is 14.3. The number of thioether (sulfide) groups is 1. The predicted octanol–water partition coefficient (Wildman–Crippen LogP) is 3.06. The molecule has 0 radical (unpaired) electrons. The van der Waals surface area contributed by atoms with Crippen LogP contribution in [-0.4, -0.2) is 28.2 Å². The van der Waals surface area contributed by atoms with E-state index in [-0.39, 0.29) is 5.91 Å². The molecule has 23 heavy (non-hydrogen) atoms. The number of amides is 1. The standard InChI is InChI=1S/C17H17NO3S2/c1-23(20)11-12-5-4-6-13(9-12)18-17(19)15-10-22-16-8-3-2-7-14(16)21-15/h2-9,15H,10-11H2,1H3,(H,18,19)/t15-,23+/m0/s1. The summed E-state index contributed by atoms with van der Waals surface area (Å²) in [7, 11) is -0.907. The molecule has 2 aromatic carbocycles. The molecule has 0 spiro atoms. The first-order valence-corrected chi connectivity index (χ1v) is 9.91. The Morgan fingerprint density at radius 3 is 2.96 bits per heavy atom. The number of carbonyl (C=O) groups is 1. The third kappa shape index (κ3) is 4.14. The second-order valence-electron chi connectivity index (χ2n) is 5.27. The van der Waals surface area contributed by atoms with Gasteiger partial charge in [0.05, 0.1) is 0 Å². The van der Waals surface area contributed by atoms with Gasteiger partial charge in [-0.2, -0.15) is 0 Å². The van der Waals surface area contributed by atoms with Crippen LogP contribution >= 0.6 is 11.8 Å². The molecule has 6 heteroatoms. The Labute approximate surface area is 142 Å². The average molecular weight is 347 g/mol. The summed E-state index contributed by atoms with van der Waals surface area (Å²) in [6.45, 7) is 0. The summed E-state index contributed by atoms with van der Waals surface area (Å²) in [5, 5.41) is 2.88. The summed E-state index contributed by atoms with van der Waals surface area (Å²) in [4.78, 5) is 13.5. The normalized spacial score (nSPS) is 17.7. The minimum absolute atomic E-state index is 0.165. The lowest BCUT2D eigenvalue weighted by molar-refractivity contribution is -0.122. The SMILES string of the molecule is C[S@@](=O)Cc1cccc(NC(=O)[C@@H]2CSc3ccccc3O2)c1. The molecule has 4 nitrogen and oxygen atoms in total. The van der Waals surface area contributed by atoms with Crippen molar-refractivity contribution in [2.45, 2.75) is 16.8 Å². The Morgan fingerprint density at radius 2 is 2.13 bits per heavy atom. The number of carbonyl (C=O) groups excluding carboxylic acids is 1. The maximum absolute atomic E-state index is 12.4. The van der Waals surface area contributed by atoms with Gasteiger partial charge in [-0.3, -0.25) is 9.00 Å². The molecule has 1 aliphatic heterocycles. The molecule has 0 saturated carbocycles. The molecule has 2 aromatic rings. The van der Waals surface area contributed by atoms with Crippen LogP contribution < -0.4 is 10.1 Å². The van der Waals surface area contributed by atoms with E-state index in [1.54, 1.807) is 18.0 Å². The van der Waals surface area contributed by atoms with Gasteiger partial charge in [0.2, 0.25) is 0 Å². The van der Waals surface area contributed by atoms with Gasteiger partial charge < -0.3 is 10.1 Å². The van der Waals surface area contributed by atoms with Gasteiger partial charge in [0.1, 0.15) is 5.75 Å². The minimum Gasteiger partial charge on any atom is -0.479 e. The quantitative estimate of drug-likeness (QED) is 0.923. The Kier molecular flexibility index (Phi) is 5.03. The highest BCUT2D eigenvalue weighted by Gasteiger charge is 2.26. The number of nitrogens with one attached hydrogen (secondary N) is 1. The number of anilines is 1. The molecule has 1 amide bonds. The Bertz CT molecular complexity index is 748. The molecule has 120 valence electrons. The van der Waals surface area contributed by atoms with E-state index in [1.165, 1.54) is 0 Å². The van der Waals surface area contributed by atoms with E-state index in [4.69, 9.17) is 4.74 Å².